The van der Waals surface area contributed by atoms with Crippen LogP contribution in [0.1, 0.15) is 59.3 Å². The van der Waals surface area contributed by atoms with Crippen LogP contribution in [0.5, 0.6) is 0 Å². The molecule has 0 heterocycles. The zero-order chi connectivity index (χ0) is 9.40. The average Bonchev–Trinajstić information content (AvgIpc) is 2.01. The van der Waals surface area contributed by atoms with E-state index in [2.05, 4.69) is 13.8 Å². The first-order chi connectivity index (χ1) is 5.70. The van der Waals surface area contributed by atoms with Crippen molar-refractivity contribution in [3.05, 3.63) is 0 Å². The maximum Gasteiger partial charge on any atom is 0.0512 e. The quantitative estimate of drug-likeness (QED) is 0.624. The van der Waals surface area contributed by atoms with Crippen molar-refractivity contribution in [2.24, 2.45) is 5.92 Å². The molecular weight excluding hydrogens is 148 g/mol. The van der Waals surface area contributed by atoms with Crippen LogP contribution >= 0.6 is 0 Å². The summed E-state index contributed by atoms with van der Waals surface area (Å²) in [5.41, 5.74) is 0. The van der Waals surface area contributed by atoms with Crippen molar-refractivity contribution in [1.82, 2.24) is 0 Å². The molecule has 12 heavy (non-hydrogen) atoms. The first kappa shape index (κ1) is 12.0. The van der Waals surface area contributed by atoms with Gasteiger partial charge in [0.25, 0.3) is 0 Å². The van der Waals surface area contributed by atoms with Crippen molar-refractivity contribution in [2.45, 2.75) is 65.4 Å². The molecule has 0 amide bonds. The predicted molar refractivity (Wildman–Crippen MR) is 54.2 cm³/mol. The summed E-state index contributed by atoms with van der Waals surface area (Å²) in [6.07, 6.45) is 7.31. The molecule has 1 N–H and O–H groups in total. The molecule has 0 rings (SSSR count). The summed E-state index contributed by atoms with van der Waals surface area (Å²) in [5, 5.41) is 9.14. The van der Waals surface area contributed by atoms with E-state index in [-0.39, 0.29) is 6.10 Å². The van der Waals surface area contributed by atoms with Crippen molar-refractivity contribution in [3.63, 3.8) is 0 Å². The minimum absolute atomic E-state index is 0.110. The standard InChI is InChI=1S/C11H24O/c1-4-6-11(7-5-2)9-8-10(3)12/h10-12H,4-9H2,1-3H3/t10-/m0/s1. The highest BCUT2D eigenvalue weighted by Gasteiger charge is 2.07. The SMILES string of the molecule is CCCC(CCC)CC[C@H](C)O. The number of hydrogen-bond donors (Lipinski definition) is 1. The summed E-state index contributed by atoms with van der Waals surface area (Å²) in [5.74, 6) is 0.856. The van der Waals surface area contributed by atoms with Gasteiger partial charge in [-0.3, -0.25) is 0 Å². The Kier molecular flexibility index (Phi) is 7.58. The minimum atomic E-state index is -0.110. The van der Waals surface area contributed by atoms with Crippen LogP contribution in [-0.4, -0.2) is 11.2 Å². The summed E-state index contributed by atoms with van der Waals surface area (Å²) in [6, 6.07) is 0. The fraction of sp³-hybridized carbons (Fsp3) is 1.00. The Labute approximate surface area is 77.2 Å². The van der Waals surface area contributed by atoms with E-state index in [0.29, 0.717) is 0 Å². The molecule has 0 radical (unpaired) electrons. The van der Waals surface area contributed by atoms with Gasteiger partial charge in [0, 0.05) is 0 Å². The molecule has 74 valence electrons. The van der Waals surface area contributed by atoms with Gasteiger partial charge in [0.15, 0.2) is 0 Å². The van der Waals surface area contributed by atoms with Gasteiger partial charge in [-0.15, -0.1) is 0 Å². The number of aliphatic hydroxyl groups is 1. The first-order valence-corrected chi connectivity index (χ1v) is 5.38. The van der Waals surface area contributed by atoms with E-state index in [1.807, 2.05) is 6.92 Å². The highest BCUT2D eigenvalue weighted by atomic mass is 16.3. The van der Waals surface area contributed by atoms with E-state index in [4.69, 9.17) is 5.11 Å². The van der Waals surface area contributed by atoms with Gasteiger partial charge in [0.2, 0.25) is 0 Å². The summed E-state index contributed by atoms with van der Waals surface area (Å²) >= 11 is 0. The zero-order valence-electron chi connectivity index (χ0n) is 8.84. The highest BCUT2D eigenvalue weighted by Crippen LogP contribution is 2.19. The molecule has 0 unspecified atom stereocenters. The Balaban J connectivity index is 3.48. The van der Waals surface area contributed by atoms with Gasteiger partial charge in [-0.05, 0) is 25.7 Å². The fourth-order valence-corrected chi connectivity index (χ4v) is 1.73. The molecule has 0 aromatic rings. The van der Waals surface area contributed by atoms with Gasteiger partial charge in [-0.1, -0.05) is 39.5 Å². The molecule has 1 heteroatoms. The third-order valence-electron chi connectivity index (χ3n) is 2.39. The van der Waals surface area contributed by atoms with Crippen LogP contribution in [0.4, 0.5) is 0 Å². The Morgan fingerprint density at radius 3 is 1.75 bits per heavy atom. The maximum absolute atomic E-state index is 9.14. The molecule has 0 fully saturated rings. The largest absolute Gasteiger partial charge is 0.393 e. The Morgan fingerprint density at radius 2 is 1.42 bits per heavy atom. The third kappa shape index (κ3) is 6.66. The molecule has 0 aliphatic rings. The lowest BCUT2D eigenvalue weighted by atomic mass is 9.92. The van der Waals surface area contributed by atoms with Crippen molar-refractivity contribution < 1.29 is 5.11 Å². The van der Waals surface area contributed by atoms with Gasteiger partial charge in [-0.25, -0.2) is 0 Å². The smallest absolute Gasteiger partial charge is 0.0512 e. The van der Waals surface area contributed by atoms with Crippen molar-refractivity contribution in [3.8, 4) is 0 Å². The average molecular weight is 172 g/mol. The van der Waals surface area contributed by atoms with Gasteiger partial charge in [0.05, 0.1) is 6.10 Å². The minimum Gasteiger partial charge on any atom is -0.393 e. The third-order valence-corrected chi connectivity index (χ3v) is 2.39. The van der Waals surface area contributed by atoms with Crippen molar-refractivity contribution >= 4 is 0 Å². The van der Waals surface area contributed by atoms with Crippen LogP contribution in [0.3, 0.4) is 0 Å². The van der Waals surface area contributed by atoms with Gasteiger partial charge in [-0.2, -0.15) is 0 Å². The van der Waals surface area contributed by atoms with Gasteiger partial charge in [0.1, 0.15) is 0 Å². The zero-order valence-corrected chi connectivity index (χ0v) is 8.84. The second kappa shape index (κ2) is 7.60. The summed E-state index contributed by atoms with van der Waals surface area (Å²) in [4.78, 5) is 0. The monoisotopic (exact) mass is 172 g/mol. The molecule has 1 nitrogen and oxygen atoms in total. The Hall–Kier alpha value is -0.0400. The lowest BCUT2D eigenvalue weighted by Gasteiger charge is -2.15. The van der Waals surface area contributed by atoms with E-state index < -0.39 is 0 Å². The molecule has 1 atom stereocenters. The first-order valence-electron chi connectivity index (χ1n) is 5.38. The van der Waals surface area contributed by atoms with Crippen molar-refractivity contribution in [2.75, 3.05) is 0 Å². The summed E-state index contributed by atoms with van der Waals surface area (Å²) < 4.78 is 0. The summed E-state index contributed by atoms with van der Waals surface area (Å²) in [7, 11) is 0. The van der Waals surface area contributed by atoms with E-state index in [1.165, 1.54) is 32.1 Å². The second-order valence-corrected chi connectivity index (χ2v) is 3.87. The fourth-order valence-electron chi connectivity index (χ4n) is 1.73. The molecule has 0 saturated heterocycles. The summed E-state index contributed by atoms with van der Waals surface area (Å²) in [6.45, 7) is 6.37. The molecule has 0 aliphatic carbocycles. The van der Waals surface area contributed by atoms with E-state index in [9.17, 15) is 0 Å². The van der Waals surface area contributed by atoms with Crippen LogP contribution in [0.25, 0.3) is 0 Å². The molecule has 0 bridgehead atoms. The van der Waals surface area contributed by atoms with Crippen LogP contribution in [0, 0.1) is 5.92 Å². The second-order valence-electron chi connectivity index (χ2n) is 3.87. The molecule has 0 saturated carbocycles. The normalized spacial score (nSPS) is 13.8. The molecule has 0 aliphatic heterocycles. The Morgan fingerprint density at radius 1 is 0.917 bits per heavy atom. The predicted octanol–water partition coefficient (Wildman–Crippen LogP) is 3.36. The van der Waals surface area contributed by atoms with Crippen LogP contribution in [0.15, 0.2) is 0 Å². The topological polar surface area (TPSA) is 20.2 Å². The lowest BCUT2D eigenvalue weighted by Crippen LogP contribution is -2.06. The number of aliphatic hydroxyl groups excluding tert-OH is 1. The lowest BCUT2D eigenvalue weighted by molar-refractivity contribution is 0.170. The number of hydrogen-bond acceptors (Lipinski definition) is 1. The van der Waals surface area contributed by atoms with Gasteiger partial charge >= 0.3 is 0 Å². The molecular formula is C11H24O. The van der Waals surface area contributed by atoms with E-state index in [0.717, 1.165) is 12.3 Å². The van der Waals surface area contributed by atoms with Crippen LogP contribution in [-0.2, 0) is 0 Å². The van der Waals surface area contributed by atoms with Crippen LogP contribution in [0.2, 0.25) is 0 Å². The highest BCUT2D eigenvalue weighted by molar-refractivity contribution is 4.60. The van der Waals surface area contributed by atoms with E-state index in [1.54, 1.807) is 0 Å². The number of rotatable bonds is 7. The van der Waals surface area contributed by atoms with Gasteiger partial charge < -0.3 is 5.11 Å². The molecule has 0 aromatic heterocycles. The Bertz CT molecular complexity index is 83.0. The maximum atomic E-state index is 9.14. The van der Waals surface area contributed by atoms with Crippen LogP contribution < -0.4 is 0 Å². The van der Waals surface area contributed by atoms with E-state index >= 15 is 0 Å². The molecule has 0 spiro atoms. The van der Waals surface area contributed by atoms with Crippen molar-refractivity contribution in [1.29, 1.82) is 0 Å². The molecule has 0 aromatic carbocycles.